The maximum atomic E-state index is 5.54. The van der Waals surface area contributed by atoms with E-state index >= 15 is 0 Å². The van der Waals surface area contributed by atoms with Crippen molar-refractivity contribution in [2.45, 2.75) is 32.9 Å². The summed E-state index contributed by atoms with van der Waals surface area (Å²) in [7, 11) is 0. The molecule has 0 aliphatic carbocycles. The number of aromatic amines is 1. The van der Waals surface area contributed by atoms with Crippen LogP contribution in [0.25, 0.3) is 22.4 Å². The number of hydrogen-bond donors (Lipinski definition) is 1. The zero-order valence-electron chi connectivity index (χ0n) is 16.1. The highest BCUT2D eigenvalue weighted by Crippen LogP contribution is 2.39. The highest BCUT2D eigenvalue weighted by atomic mass is 16.5. The molecule has 4 aromatic rings. The molecule has 1 N–H and O–H groups in total. The minimum atomic E-state index is 0.293. The molecule has 1 atom stereocenters. The third-order valence-corrected chi connectivity index (χ3v) is 5.52. The van der Waals surface area contributed by atoms with Gasteiger partial charge in [0, 0.05) is 29.3 Å². The van der Waals surface area contributed by atoms with E-state index in [1.54, 1.807) is 6.20 Å². The molecule has 0 spiro atoms. The Kier molecular flexibility index (Phi) is 4.20. The molecule has 4 heterocycles. The predicted molar refractivity (Wildman–Crippen MR) is 108 cm³/mol. The summed E-state index contributed by atoms with van der Waals surface area (Å²) in [5.41, 5.74) is 4.72. The number of fused-ring (bicyclic) bond motifs is 3. The van der Waals surface area contributed by atoms with Crippen molar-refractivity contribution in [2.75, 3.05) is 6.54 Å². The fraction of sp³-hybridized carbons (Fsp3) is 0.318. The number of aromatic nitrogens is 4. The highest BCUT2D eigenvalue weighted by Gasteiger charge is 2.33. The topological polar surface area (TPSA) is 70.8 Å². The SMILES string of the molecule is CC(C)[C@H]1c2[nH]c3ccccc3c2CCN1Cc1nc(-c2ccccn2)no1. The van der Waals surface area contributed by atoms with E-state index < -0.39 is 0 Å². The minimum Gasteiger partial charge on any atom is -0.357 e. The van der Waals surface area contributed by atoms with Crippen LogP contribution in [0.5, 0.6) is 0 Å². The molecule has 6 nitrogen and oxygen atoms in total. The molecule has 1 aliphatic heterocycles. The number of hydrogen-bond acceptors (Lipinski definition) is 5. The molecule has 0 bridgehead atoms. The number of nitrogens with one attached hydrogen (secondary N) is 1. The van der Waals surface area contributed by atoms with E-state index in [4.69, 9.17) is 4.52 Å². The van der Waals surface area contributed by atoms with Crippen LogP contribution in [-0.4, -0.2) is 31.6 Å². The van der Waals surface area contributed by atoms with Gasteiger partial charge in [-0.25, -0.2) is 0 Å². The van der Waals surface area contributed by atoms with Crippen molar-refractivity contribution < 1.29 is 4.52 Å². The molecule has 0 saturated heterocycles. The summed E-state index contributed by atoms with van der Waals surface area (Å²) in [4.78, 5) is 15.0. The van der Waals surface area contributed by atoms with Crippen molar-refractivity contribution in [3.8, 4) is 11.5 Å². The molecule has 0 unspecified atom stereocenters. The Balaban J connectivity index is 1.45. The van der Waals surface area contributed by atoms with Crippen molar-refractivity contribution in [3.63, 3.8) is 0 Å². The van der Waals surface area contributed by atoms with Crippen molar-refractivity contribution >= 4 is 10.9 Å². The van der Waals surface area contributed by atoms with Crippen LogP contribution >= 0.6 is 0 Å². The number of para-hydroxylation sites is 1. The smallest absolute Gasteiger partial charge is 0.241 e. The predicted octanol–water partition coefficient (Wildman–Crippen LogP) is 4.37. The lowest BCUT2D eigenvalue weighted by Crippen LogP contribution is -2.37. The summed E-state index contributed by atoms with van der Waals surface area (Å²) in [6.45, 7) is 6.15. The first kappa shape index (κ1) is 17.1. The molecule has 142 valence electrons. The van der Waals surface area contributed by atoms with E-state index in [0.29, 0.717) is 30.2 Å². The lowest BCUT2D eigenvalue weighted by atomic mass is 9.90. The molecule has 0 fully saturated rings. The largest absolute Gasteiger partial charge is 0.357 e. The van der Waals surface area contributed by atoms with Gasteiger partial charge in [-0.15, -0.1) is 0 Å². The second kappa shape index (κ2) is 6.87. The van der Waals surface area contributed by atoms with Gasteiger partial charge in [0.05, 0.1) is 12.6 Å². The average Bonchev–Trinajstić information content (AvgIpc) is 3.32. The lowest BCUT2D eigenvalue weighted by molar-refractivity contribution is 0.117. The molecule has 6 heteroatoms. The van der Waals surface area contributed by atoms with Gasteiger partial charge in [-0.05, 0) is 36.1 Å². The first-order valence-corrected chi connectivity index (χ1v) is 9.78. The van der Waals surface area contributed by atoms with Gasteiger partial charge < -0.3 is 9.51 Å². The van der Waals surface area contributed by atoms with Gasteiger partial charge in [-0.3, -0.25) is 9.88 Å². The average molecular weight is 373 g/mol. The van der Waals surface area contributed by atoms with Crippen LogP contribution in [0.2, 0.25) is 0 Å². The summed E-state index contributed by atoms with van der Waals surface area (Å²) in [6.07, 6.45) is 2.76. The van der Waals surface area contributed by atoms with Crippen LogP contribution in [0.15, 0.2) is 53.2 Å². The highest BCUT2D eigenvalue weighted by molar-refractivity contribution is 5.85. The van der Waals surface area contributed by atoms with Gasteiger partial charge in [0.1, 0.15) is 5.69 Å². The first-order chi connectivity index (χ1) is 13.7. The molecule has 0 saturated carbocycles. The molecule has 3 aromatic heterocycles. The third-order valence-electron chi connectivity index (χ3n) is 5.52. The van der Waals surface area contributed by atoms with E-state index in [2.05, 4.69) is 63.1 Å². The summed E-state index contributed by atoms with van der Waals surface area (Å²) in [5.74, 6) is 1.64. The van der Waals surface area contributed by atoms with E-state index in [1.807, 2.05) is 18.2 Å². The van der Waals surface area contributed by atoms with E-state index in [0.717, 1.165) is 18.7 Å². The van der Waals surface area contributed by atoms with Gasteiger partial charge in [0.25, 0.3) is 0 Å². The van der Waals surface area contributed by atoms with Gasteiger partial charge in [-0.2, -0.15) is 4.98 Å². The summed E-state index contributed by atoms with van der Waals surface area (Å²) in [5, 5.41) is 5.46. The third kappa shape index (κ3) is 2.90. The fourth-order valence-corrected chi connectivity index (χ4v) is 4.34. The molecule has 28 heavy (non-hydrogen) atoms. The number of benzene rings is 1. The Bertz CT molecular complexity index is 1100. The maximum Gasteiger partial charge on any atom is 0.241 e. The summed E-state index contributed by atoms with van der Waals surface area (Å²) in [6, 6.07) is 14.6. The Hall–Kier alpha value is -2.99. The van der Waals surface area contributed by atoms with Crippen molar-refractivity contribution in [2.24, 2.45) is 5.92 Å². The van der Waals surface area contributed by atoms with Crippen LogP contribution in [0.4, 0.5) is 0 Å². The molecule has 0 radical (unpaired) electrons. The maximum absolute atomic E-state index is 5.54. The second-order valence-corrected chi connectivity index (χ2v) is 7.70. The second-order valence-electron chi connectivity index (χ2n) is 7.70. The summed E-state index contributed by atoms with van der Waals surface area (Å²) < 4.78 is 5.54. The van der Waals surface area contributed by atoms with E-state index in [-0.39, 0.29) is 0 Å². The number of nitrogens with zero attached hydrogens (tertiary/aromatic N) is 4. The van der Waals surface area contributed by atoms with E-state index in [9.17, 15) is 0 Å². The lowest BCUT2D eigenvalue weighted by Gasteiger charge is -2.37. The van der Waals surface area contributed by atoms with Crippen LogP contribution in [-0.2, 0) is 13.0 Å². The molecule has 5 rings (SSSR count). The Morgan fingerprint density at radius 3 is 2.86 bits per heavy atom. The fourth-order valence-electron chi connectivity index (χ4n) is 4.34. The minimum absolute atomic E-state index is 0.293. The quantitative estimate of drug-likeness (QED) is 0.575. The van der Waals surface area contributed by atoms with Crippen LogP contribution in [0, 0.1) is 5.92 Å². The van der Waals surface area contributed by atoms with Gasteiger partial charge >= 0.3 is 0 Å². The zero-order valence-corrected chi connectivity index (χ0v) is 16.1. The van der Waals surface area contributed by atoms with Crippen molar-refractivity contribution in [1.29, 1.82) is 0 Å². The zero-order chi connectivity index (χ0) is 19.1. The standard InChI is InChI=1S/C22H23N5O/c1-14(2)21-20-16(15-7-3-4-8-17(15)24-20)10-12-27(21)13-19-25-22(26-28-19)18-9-5-6-11-23-18/h3-9,11,14,21,24H,10,12-13H2,1-2H3/t21-/m0/s1. The first-order valence-electron chi connectivity index (χ1n) is 9.78. The van der Waals surface area contributed by atoms with Gasteiger partial charge in [0.15, 0.2) is 0 Å². The molecular formula is C22H23N5O. The summed E-state index contributed by atoms with van der Waals surface area (Å²) >= 11 is 0. The molecular weight excluding hydrogens is 350 g/mol. The van der Waals surface area contributed by atoms with Gasteiger partial charge in [0.2, 0.25) is 11.7 Å². The number of pyridine rings is 1. The van der Waals surface area contributed by atoms with Crippen LogP contribution in [0.1, 0.15) is 37.0 Å². The number of rotatable bonds is 4. The van der Waals surface area contributed by atoms with Crippen molar-refractivity contribution in [3.05, 3.63) is 65.8 Å². The Morgan fingerprint density at radius 2 is 2.04 bits per heavy atom. The molecule has 0 amide bonds. The van der Waals surface area contributed by atoms with Crippen LogP contribution < -0.4 is 0 Å². The monoisotopic (exact) mass is 373 g/mol. The van der Waals surface area contributed by atoms with Crippen LogP contribution in [0.3, 0.4) is 0 Å². The Labute approximate surface area is 163 Å². The molecule has 1 aromatic carbocycles. The van der Waals surface area contributed by atoms with Crippen molar-refractivity contribution in [1.82, 2.24) is 25.0 Å². The number of H-pyrrole nitrogens is 1. The van der Waals surface area contributed by atoms with Gasteiger partial charge in [-0.1, -0.05) is 43.3 Å². The van der Waals surface area contributed by atoms with E-state index in [1.165, 1.54) is 22.2 Å². The normalized spacial score (nSPS) is 17.3. The molecule has 1 aliphatic rings. The Morgan fingerprint density at radius 1 is 1.18 bits per heavy atom.